The monoisotopic (exact) mass is 286 g/mol. The van der Waals surface area contributed by atoms with E-state index in [2.05, 4.69) is 5.32 Å². The average Bonchev–Trinajstić information content (AvgIpc) is 2.47. The van der Waals surface area contributed by atoms with Crippen LogP contribution in [0.25, 0.3) is 0 Å². The molecule has 0 aromatic heterocycles. The van der Waals surface area contributed by atoms with Crippen LogP contribution < -0.4 is 11.1 Å². The second kappa shape index (κ2) is 7.01. The molecule has 2 rings (SSSR count). The highest BCUT2D eigenvalue weighted by molar-refractivity contribution is 7.98. The largest absolute Gasteiger partial charge is 0.399 e. The zero-order valence-electron chi connectivity index (χ0n) is 11.4. The molecule has 0 fully saturated rings. The number of aryl methyl sites for hydroxylation is 1. The number of amides is 1. The Labute approximate surface area is 123 Å². The number of carbonyl (C=O) groups is 1. The van der Waals surface area contributed by atoms with E-state index in [-0.39, 0.29) is 5.91 Å². The van der Waals surface area contributed by atoms with Crippen LogP contribution in [0.3, 0.4) is 0 Å². The number of carbonyl (C=O) groups excluding carboxylic acids is 1. The van der Waals surface area contributed by atoms with Gasteiger partial charge in [0.1, 0.15) is 0 Å². The molecule has 0 heterocycles. The van der Waals surface area contributed by atoms with Gasteiger partial charge in [-0.1, -0.05) is 24.3 Å². The second-order valence-corrected chi connectivity index (χ2v) is 5.34. The Morgan fingerprint density at radius 2 is 1.85 bits per heavy atom. The highest BCUT2D eigenvalue weighted by Gasteiger charge is 2.06. The van der Waals surface area contributed by atoms with Gasteiger partial charge < -0.3 is 11.1 Å². The summed E-state index contributed by atoms with van der Waals surface area (Å²) in [7, 11) is 0. The van der Waals surface area contributed by atoms with Crippen LogP contribution in [0.1, 0.15) is 12.0 Å². The molecule has 3 N–H and O–H groups in total. The lowest BCUT2D eigenvalue weighted by atomic mass is 10.1. The van der Waals surface area contributed by atoms with Gasteiger partial charge in [-0.15, -0.1) is 11.8 Å². The lowest BCUT2D eigenvalue weighted by Crippen LogP contribution is -2.12. The van der Waals surface area contributed by atoms with E-state index in [1.165, 1.54) is 0 Å². The fourth-order valence-electron chi connectivity index (χ4n) is 1.90. The maximum atomic E-state index is 12.0. The van der Waals surface area contributed by atoms with Gasteiger partial charge in [-0.2, -0.15) is 0 Å². The Kier molecular flexibility index (Phi) is 5.07. The average molecular weight is 286 g/mol. The number of nitrogen functional groups attached to an aromatic ring is 1. The van der Waals surface area contributed by atoms with Crippen molar-refractivity contribution in [2.75, 3.05) is 17.3 Å². The number of benzene rings is 2. The van der Waals surface area contributed by atoms with Gasteiger partial charge in [-0.3, -0.25) is 4.79 Å². The van der Waals surface area contributed by atoms with Crippen molar-refractivity contribution in [2.24, 2.45) is 0 Å². The number of nitrogens with one attached hydrogen (secondary N) is 1. The van der Waals surface area contributed by atoms with E-state index in [9.17, 15) is 4.79 Å². The van der Waals surface area contributed by atoms with Crippen molar-refractivity contribution in [3.8, 4) is 0 Å². The molecule has 2 aromatic carbocycles. The molecular weight excluding hydrogens is 268 g/mol. The highest BCUT2D eigenvalue weighted by atomic mass is 32.2. The van der Waals surface area contributed by atoms with E-state index in [0.29, 0.717) is 12.8 Å². The molecule has 1 amide bonds. The fraction of sp³-hybridized carbons (Fsp3) is 0.188. The van der Waals surface area contributed by atoms with E-state index in [1.54, 1.807) is 11.8 Å². The predicted molar refractivity (Wildman–Crippen MR) is 86.0 cm³/mol. The normalized spacial score (nSPS) is 10.2. The minimum Gasteiger partial charge on any atom is -0.399 e. The predicted octanol–water partition coefficient (Wildman–Crippen LogP) is 3.56. The third kappa shape index (κ3) is 4.03. The highest BCUT2D eigenvalue weighted by Crippen LogP contribution is 2.24. The number of thioether (sulfide) groups is 1. The number of nitrogens with two attached hydrogens (primary N) is 1. The van der Waals surface area contributed by atoms with Crippen LogP contribution >= 0.6 is 11.8 Å². The SMILES string of the molecule is CSc1ccccc1NC(=O)CCc1ccc(N)cc1. The summed E-state index contributed by atoms with van der Waals surface area (Å²) in [5, 5.41) is 2.96. The fourth-order valence-corrected chi connectivity index (χ4v) is 2.46. The molecule has 0 saturated heterocycles. The third-order valence-electron chi connectivity index (χ3n) is 3.00. The van der Waals surface area contributed by atoms with Crippen LogP contribution in [-0.4, -0.2) is 12.2 Å². The summed E-state index contributed by atoms with van der Waals surface area (Å²) in [4.78, 5) is 13.1. The Bertz CT molecular complexity index is 581. The van der Waals surface area contributed by atoms with Crippen molar-refractivity contribution in [1.82, 2.24) is 0 Å². The van der Waals surface area contributed by atoms with Crippen LogP contribution in [0, 0.1) is 0 Å². The maximum absolute atomic E-state index is 12.0. The zero-order valence-corrected chi connectivity index (χ0v) is 12.2. The third-order valence-corrected chi connectivity index (χ3v) is 3.80. The van der Waals surface area contributed by atoms with Crippen molar-refractivity contribution >= 4 is 29.0 Å². The first-order valence-corrected chi connectivity index (χ1v) is 7.69. The smallest absolute Gasteiger partial charge is 0.224 e. The minimum absolute atomic E-state index is 0.0309. The lowest BCUT2D eigenvalue weighted by molar-refractivity contribution is -0.116. The molecule has 2 aromatic rings. The van der Waals surface area contributed by atoms with Gasteiger partial charge >= 0.3 is 0 Å². The summed E-state index contributed by atoms with van der Waals surface area (Å²) in [5.41, 5.74) is 8.37. The van der Waals surface area contributed by atoms with Crippen LogP contribution in [0.15, 0.2) is 53.4 Å². The molecule has 0 aliphatic heterocycles. The summed E-state index contributed by atoms with van der Waals surface area (Å²) in [5.74, 6) is 0.0309. The quantitative estimate of drug-likeness (QED) is 0.652. The number of anilines is 2. The summed E-state index contributed by atoms with van der Waals surface area (Å²) in [6.07, 6.45) is 3.18. The molecule has 0 unspecified atom stereocenters. The zero-order chi connectivity index (χ0) is 14.4. The van der Waals surface area contributed by atoms with Crippen LogP contribution in [0.5, 0.6) is 0 Å². The number of hydrogen-bond acceptors (Lipinski definition) is 3. The first-order valence-electron chi connectivity index (χ1n) is 6.46. The van der Waals surface area contributed by atoms with Gasteiger partial charge in [0.2, 0.25) is 5.91 Å². The molecule has 0 bridgehead atoms. The van der Waals surface area contributed by atoms with Gasteiger partial charge in [0.25, 0.3) is 0 Å². The summed E-state index contributed by atoms with van der Waals surface area (Å²) in [6, 6.07) is 15.4. The Balaban J connectivity index is 1.91. The molecular formula is C16H18N2OS. The Morgan fingerprint density at radius 1 is 1.15 bits per heavy atom. The summed E-state index contributed by atoms with van der Waals surface area (Å²) in [6.45, 7) is 0. The van der Waals surface area contributed by atoms with E-state index >= 15 is 0 Å². The van der Waals surface area contributed by atoms with Crippen molar-refractivity contribution in [3.63, 3.8) is 0 Å². The van der Waals surface area contributed by atoms with Gasteiger partial charge in [-0.05, 0) is 42.5 Å². The molecule has 0 radical (unpaired) electrons. The van der Waals surface area contributed by atoms with Gasteiger partial charge in [0, 0.05) is 17.0 Å². The first-order chi connectivity index (χ1) is 9.69. The molecule has 0 atom stereocenters. The van der Waals surface area contributed by atoms with E-state index in [0.717, 1.165) is 21.8 Å². The first kappa shape index (κ1) is 14.5. The topological polar surface area (TPSA) is 55.1 Å². The van der Waals surface area contributed by atoms with Crippen molar-refractivity contribution < 1.29 is 4.79 Å². The molecule has 104 valence electrons. The summed E-state index contributed by atoms with van der Waals surface area (Å²) < 4.78 is 0. The molecule has 0 spiro atoms. The second-order valence-electron chi connectivity index (χ2n) is 4.49. The number of rotatable bonds is 5. The molecule has 3 nitrogen and oxygen atoms in total. The number of hydrogen-bond donors (Lipinski definition) is 2. The minimum atomic E-state index is 0.0309. The van der Waals surface area contributed by atoms with Crippen molar-refractivity contribution in [2.45, 2.75) is 17.7 Å². The van der Waals surface area contributed by atoms with Gasteiger partial charge in [0.05, 0.1) is 5.69 Å². The van der Waals surface area contributed by atoms with Crippen LogP contribution in [0.4, 0.5) is 11.4 Å². The molecule has 0 aliphatic carbocycles. The number of para-hydroxylation sites is 1. The molecule has 0 saturated carbocycles. The summed E-state index contributed by atoms with van der Waals surface area (Å²) >= 11 is 1.62. The van der Waals surface area contributed by atoms with E-state index < -0.39 is 0 Å². The van der Waals surface area contributed by atoms with Crippen molar-refractivity contribution in [3.05, 3.63) is 54.1 Å². The Morgan fingerprint density at radius 3 is 2.55 bits per heavy atom. The lowest BCUT2D eigenvalue weighted by Gasteiger charge is -2.09. The standard InChI is InChI=1S/C16H18N2OS/c1-20-15-5-3-2-4-14(15)18-16(19)11-8-12-6-9-13(17)10-7-12/h2-7,9-10H,8,11,17H2,1H3,(H,18,19). The van der Waals surface area contributed by atoms with Crippen molar-refractivity contribution in [1.29, 1.82) is 0 Å². The van der Waals surface area contributed by atoms with Gasteiger partial charge in [0.15, 0.2) is 0 Å². The molecule has 0 aliphatic rings. The molecule has 4 heteroatoms. The van der Waals surface area contributed by atoms with Crippen LogP contribution in [0.2, 0.25) is 0 Å². The van der Waals surface area contributed by atoms with Crippen LogP contribution in [-0.2, 0) is 11.2 Å². The van der Waals surface area contributed by atoms with Gasteiger partial charge in [-0.25, -0.2) is 0 Å². The maximum Gasteiger partial charge on any atom is 0.224 e. The Hall–Kier alpha value is -1.94. The van der Waals surface area contributed by atoms with E-state index in [1.807, 2.05) is 54.8 Å². The van der Waals surface area contributed by atoms with E-state index in [4.69, 9.17) is 5.73 Å². The molecule has 20 heavy (non-hydrogen) atoms.